The minimum atomic E-state index is -0.947. The van der Waals surface area contributed by atoms with Crippen LogP contribution < -0.4 is 0 Å². The van der Waals surface area contributed by atoms with Gasteiger partial charge in [0, 0.05) is 5.56 Å². The Labute approximate surface area is 210 Å². The number of thioether (sulfide) groups is 1. The number of nitrogens with zero attached hydrogens (tertiary/aromatic N) is 1. The van der Waals surface area contributed by atoms with Crippen molar-refractivity contribution in [1.82, 2.24) is 0 Å². The van der Waals surface area contributed by atoms with Gasteiger partial charge < -0.3 is 23.7 Å². The average molecular weight is 510 g/mol. The maximum absolute atomic E-state index is 12.9. The van der Waals surface area contributed by atoms with Crippen LogP contribution in [0.3, 0.4) is 0 Å². The van der Waals surface area contributed by atoms with Crippen LogP contribution >= 0.6 is 11.8 Å². The molecule has 0 aromatic heterocycles. The molecule has 0 radical (unpaired) electrons. The van der Waals surface area contributed by atoms with Crippen molar-refractivity contribution in [1.29, 1.82) is 0 Å². The molecule has 2 aliphatic rings. The molecule has 0 aliphatic carbocycles. The van der Waals surface area contributed by atoms with E-state index in [9.17, 15) is 9.59 Å². The zero-order chi connectivity index (χ0) is 25.6. The summed E-state index contributed by atoms with van der Waals surface area (Å²) >= 11 is 1.43. The first-order chi connectivity index (χ1) is 16.6. The van der Waals surface area contributed by atoms with E-state index in [2.05, 4.69) is 5.16 Å². The van der Waals surface area contributed by atoms with Crippen LogP contribution in [0, 0.1) is 11.3 Å². The standard InChI is InChI=1S/C25H35NO8S/c1-7-35-22-18(26-34-24(28)30-13-15(2)3)20(33-23(27)25(4,5)6)19-17(31-22)14-29-21(32-19)16-11-9-8-10-12-16/h8-12,15,17,19-22H,7,13-14H2,1-6H3/b26-18+/t17-,19-,20-,21?,22-/m1/s1. The normalized spacial score (nSPS) is 27.9. The molecule has 5 atom stereocenters. The molecule has 1 unspecified atom stereocenters. The fraction of sp³-hybridized carbons (Fsp3) is 0.640. The molecule has 2 aliphatic heterocycles. The number of oxime groups is 1. The van der Waals surface area contributed by atoms with Crippen LogP contribution in [0.5, 0.6) is 0 Å². The minimum Gasteiger partial charge on any atom is -0.453 e. The van der Waals surface area contributed by atoms with Gasteiger partial charge in [0.1, 0.15) is 23.4 Å². The van der Waals surface area contributed by atoms with Crippen LogP contribution in [0.15, 0.2) is 35.5 Å². The SMILES string of the molecule is CCS[C@H]1O[C@@H]2COC(c3ccccc3)O[C@H]2[C@H](OC(=O)C(C)(C)C)/C1=N\OC(=O)OCC(C)C. The van der Waals surface area contributed by atoms with E-state index in [0.29, 0.717) is 5.75 Å². The van der Waals surface area contributed by atoms with Gasteiger partial charge in [0.15, 0.2) is 12.4 Å². The highest BCUT2D eigenvalue weighted by Crippen LogP contribution is 2.37. The number of fused-ring (bicyclic) bond motifs is 1. The molecule has 9 nitrogen and oxygen atoms in total. The summed E-state index contributed by atoms with van der Waals surface area (Å²) in [5, 5.41) is 4.06. The van der Waals surface area contributed by atoms with E-state index in [-0.39, 0.29) is 24.8 Å². The lowest BCUT2D eigenvalue weighted by molar-refractivity contribution is -0.286. The molecule has 1 aromatic rings. The number of benzene rings is 1. The van der Waals surface area contributed by atoms with Crippen LogP contribution in [0.25, 0.3) is 0 Å². The smallest absolute Gasteiger partial charge is 0.453 e. The van der Waals surface area contributed by atoms with Gasteiger partial charge in [-0.15, -0.1) is 11.8 Å². The maximum Gasteiger partial charge on any atom is 0.535 e. The van der Waals surface area contributed by atoms with Crippen molar-refractivity contribution >= 4 is 29.6 Å². The number of rotatable bonds is 7. The molecule has 1 aromatic carbocycles. The molecule has 2 fully saturated rings. The van der Waals surface area contributed by atoms with E-state index >= 15 is 0 Å². The molecule has 2 heterocycles. The fourth-order valence-electron chi connectivity index (χ4n) is 3.39. The Morgan fingerprint density at radius 3 is 2.51 bits per heavy atom. The lowest BCUT2D eigenvalue weighted by Gasteiger charge is -2.45. The summed E-state index contributed by atoms with van der Waals surface area (Å²) in [6, 6.07) is 9.47. The largest absolute Gasteiger partial charge is 0.535 e. The third-order valence-corrected chi connectivity index (χ3v) is 6.17. The van der Waals surface area contributed by atoms with E-state index in [4.69, 9.17) is 28.5 Å². The topological polar surface area (TPSA) is 102 Å². The van der Waals surface area contributed by atoms with Crippen molar-refractivity contribution < 1.29 is 38.1 Å². The van der Waals surface area contributed by atoms with Crippen molar-refractivity contribution in [2.45, 2.75) is 71.6 Å². The second-order valence-corrected chi connectivity index (χ2v) is 11.1. The molecule has 35 heavy (non-hydrogen) atoms. The van der Waals surface area contributed by atoms with Gasteiger partial charge in [-0.3, -0.25) is 9.63 Å². The molecule has 0 saturated carbocycles. The summed E-state index contributed by atoms with van der Waals surface area (Å²) in [7, 11) is 0. The summed E-state index contributed by atoms with van der Waals surface area (Å²) in [6.07, 6.45) is -3.79. The lowest BCUT2D eigenvalue weighted by atomic mass is 9.95. The molecular weight excluding hydrogens is 474 g/mol. The third-order valence-electron chi connectivity index (χ3n) is 5.19. The van der Waals surface area contributed by atoms with E-state index in [1.807, 2.05) is 51.1 Å². The van der Waals surface area contributed by atoms with Crippen LogP contribution in [0.4, 0.5) is 4.79 Å². The Morgan fingerprint density at radius 1 is 1.17 bits per heavy atom. The van der Waals surface area contributed by atoms with Crippen molar-refractivity contribution in [3.05, 3.63) is 35.9 Å². The highest BCUT2D eigenvalue weighted by molar-refractivity contribution is 8.00. The van der Waals surface area contributed by atoms with Crippen LogP contribution in [-0.4, -0.2) is 60.6 Å². The highest BCUT2D eigenvalue weighted by atomic mass is 32.2. The van der Waals surface area contributed by atoms with Gasteiger partial charge >= 0.3 is 12.1 Å². The number of carbonyl (C=O) groups is 2. The molecule has 0 bridgehead atoms. The number of carbonyl (C=O) groups excluding carboxylic acids is 2. The summed E-state index contributed by atoms with van der Waals surface area (Å²) in [5.41, 5.74) is -0.333. The second kappa shape index (κ2) is 12.2. The zero-order valence-corrected chi connectivity index (χ0v) is 21.9. The first-order valence-electron chi connectivity index (χ1n) is 11.8. The summed E-state index contributed by atoms with van der Waals surface area (Å²) in [4.78, 5) is 30.1. The Morgan fingerprint density at radius 2 is 1.89 bits per heavy atom. The van der Waals surface area contributed by atoms with Gasteiger partial charge in [-0.1, -0.05) is 56.3 Å². The number of ether oxygens (including phenoxy) is 5. The zero-order valence-electron chi connectivity index (χ0n) is 21.1. The monoisotopic (exact) mass is 509 g/mol. The number of hydrogen-bond acceptors (Lipinski definition) is 10. The van der Waals surface area contributed by atoms with E-state index in [1.54, 1.807) is 20.8 Å². The number of hydrogen-bond donors (Lipinski definition) is 0. The molecule has 194 valence electrons. The molecule has 0 amide bonds. The molecule has 2 saturated heterocycles. The highest BCUT2D eigenvalue weighted by Gasteiger charge is 2.51. The summed E-state index contributed by atoms with van der Waals surface area (Å²) in [5.74, 6) is 0.390. The summed E-state index contributed by atoms with van der Waals surface area (Å²) in [6.45, 7) is 11.5. The second-order valence-electron chi connectivity index (χ2n) is 9.78. The van der Waals surface area contributed by atoms with E-state index in [1.165, 1.54) is 11.8 Å². The van der Waals surface area contributed by atoms with Gasteiger partial charge in [0.05, 0.1) is 18.6 Å². The molecular formula is C25H35NO8S. The summed E-state index contributed by atoms with van der Waals surface area (Å²) < 4.78 is 29.4. The molecule has 10 heteroatoms. The van der Waals surface area contributed by atoms with Gasteiger partial charge in [-0.2, -0.15) is 0 Å². The number of esters is 1. The first-order valence-corrected chi connectivity index (χ1v) is 12.9. The van der Waals surface area contributed by atoms with Gasteiger partial charge in [0.25, 0.3) is 0 Å². The van der Waals surface area contributed by atoms with Crippen LogP contribution in [0.1, 0.15) is 53.4 Å². The van der Waals surface area contributed by atoms with Crippen molar-refractivity contribution in [3.8, 4) is 0 Å². The molecule has 0 N–H and O–H groups in total. The van der Waals surface area contributed by atoms with Crippen LogP contribution in [-0.2, 0) is 33.3 Å². The van der Waals surface area contributed by atoms with Crippen molar-refractivity contribution in [2.24, 2.45) is 16.5 Å². The Balaban J connectivity index is 1.91. The quantitative estimate of drug-likeness (QED) is 0.294. The minimum absolute atomic E-state index is 0.142. The third kappa shape index (κ3) is 7.42. The lowest BCUT2D eigenvalue weighted by Crippen LogP contribution is -2.61. The van der Waals surface area contributed by atoms with E-state index < -0.39 is 47.6 Å². The molecule has 0 spiro atoms. The van der Waals surface area contributed by atoms with Crippen LogP contribution in [0.2, 0.25) is 0 Å². The Kier molecular flexibility index (Phi) is 9.57. The molecule has 3 rings (SSSR count). The van der Waals surface area contributed by atoms with Crippen molar-refractivity contribution in [2.75, 3.05) is 19.0 Å². The maximum atomic E-state index is 12.9. The predicted octanol–water partition coefficient (Wildman–Crippen LogP) is 4.70. The Hall–Kier alpha value is -2.14. The van der Waals surface area contributed by atoms with Crippen molar-refractivity contribution in [3.63, 3.8) is 0 Å². The predicted molar refractivity (Wildman–Crippen MR) is 131 cm³/mol. The Bertz CT molecular complexity index is 885. The van der Waals surface area contributed by atoms with E-state index in [0.717, 1.165) is 5.56 Å². The van der Waals surface area contributed by atoms with Gasteiger partial charge in [0.2, 0.25) is 0 Å². The van der Waals surface area contributed by atoms with Gasteiger partial charge in [-0.05, 0) is 32.4 Å². The first kappa shape index (κ1) is 27.4. The average Bonchev–Trinajstić information content (AvgIpc) is 2.82. The van der Waals surface area contributed by atoms with Gasteiger partial charge in [-0.25, -0.2) is 4.79 Å². The fourth-order valence-corrected chi connectivity index (χ4v) is 4.26.